The van der Waals surface area contributed by atoms with E-state index in [1.807, 2.05) is 26.0 Å². The summed E-state index contributed by atoms with van der Waals surface area (Å²) in [5.74, 6) is 0.313. The minimum absolute atomic E-state index is 0.0600. The largest absolute Gasteiger partial charge is 0.495 e. The fourth-order valence-corrected chi connectivity index (χ4v) is 4.75. The predicted molar refractivity (Wildman–Crippen MR) is 104 cm³/mol. The molecule has 0 unspecified atom stereocenters. The fraction of sp³-hybridized carbons (Fsp3) is 0.222. The molecule has 0 radical (unpaired) electrons. The van der Waals surface area contributed by atoms with Crippen LogP contribution in [-0.2, 0) is 10.0 Å². The van der Waals surface area contributed by atoms with Crippen molar-refractivity contribution in [1.82, 2.24) is 0 Å². The fourth-order valence-electron chi connectivity index (χ4n) is 2.44. The molecule has 4 nitrogen and oxygen atoms in total. The van der Waals surface area contributed by atoms with Crippen LogP contribution in [0.2, 0.25) is 10.0 Å². The topological polar surface area (TPSA) is 46.6 Å². The number of halogens is 2. The van der Waals surface area contributed by atoms with E-state index in [0.29, 0.717) is 11.4 Å². The van der Waals surface area contributed by atoms with Gasteiger partial charge in [0.05, 0.1) is 24.4 Å². The molecule has 0 aliphatic carbocycles. The highest BCUT2D eigenvalue weighted by atomic mass is 35.5. The minimum atomic E-state index is -3.94. The average Bonchev–Trinajstić information content (AvgIpc) is 2.57. The number of benzene rings is 2. The Morgan fingerprint density at radius 3 is 2.44 bits per heavy atom. The molecule has 0 bridgehead atoms. The maximum atomic E-state index is 13.3. The Bertz CT molecular complexity index is 911. The summed E-state index contributed by atoms with van der Waals surface area (Å²) < 4.78 is 32.9. The van der Waals surface area contributed by atoms with Crippen LogP contribution in [0, 0.1) is 13.8 Å². The Morgan fingerprint density at radius 1 is 1.16 bits per heavy atom. The van der Waals surface area contributed by atoms with Crippen molar-refractivity contribution < 1.29 is 13.2 Å². The second-order valence-corrected chi connectivity index (χ2v) is 8.02. The van der Waals surface area contributed by atoms with Crippen molar-refractivity contribution in [2.75, 3.05) is 18.0 Å². The number of nitrogens with zero attached hydrogens (tertiary/aromatic N) is 1. The number of aryl methyl sites for hydroxylation is 1. The molecule has 2 aromatic rings. The van der Waals surface area contributed by atoms with Gasteiger partial charge in [-0.15, -0.1) is 6.58 Å². The van der Waals surface area contributed by atoms with Crippen LogP contribution in [0.1, 0.15) is 11.1 Å². The molecule has 0 heterocycles. The van der Waals surface area contributed by atoms with E-state index in [4.69, 9.17) is 27.9 Å². The van der Waals surface area contributed by atoms with Crippen LogP contribution in [0.5, 0.6) is 5.75 Å². The first-order valence-electron chi connectivity index (χ1n) is 7.47. The molecule has 0 spiro atoms. The molecule has 0 N–H and O–H groups in total. The van der Waals surface area contributed by atoms with Gasteiger partial charge in [-0.25, -0.2) is 8.42 Å². The zero-order valence-electron chi connectivity index (χ0n) is 14.2. The summed E-state index contributed by atoms with van der Waals surface area (Å²) in [4.78, 5) is -0.0808. The summed E-state index contributed by atoms with van der Waals surface area (Å²) in [6.45, 7) is 7.57. The molecule has 2 rings (SSSR count). The Labute approximate surface area is 158 Å². The van der Waals surface area contributed by atoms with Crippen molar-refractivity contribution in [3.8, 4) is 5.75 Å². The lowest BCUT2D eigenvalue weighted by atomic mass is 10.1. The molecule has 0 atom stereocenters. The van der Waals surface area contributed by atoms with Gasteiger partial charge in [-0.3, -0.25) is 4.31 Å². The van der Waals surface area contributed by atoms with E-state index in [-0.39, 0.29) is 21.5 Å². The lowest BCUT2D eigenvalue weighted by Crippen LogP contribution is -2.32. The van der Waals surface area contributed by atoms with Crippen molar-refractivity contribution in [3.05, 3.63) is 64.2 Å². The van der Waals surface area contributed by atoms with Gasteiger partial charge >= 0.3 is 0 Å². The Morgan fingerprint density at radius 2 is 1.84 bits per heavy atom. The van der Waals surface area contributed by atoms with E-state index in [0.717, 1.165) is 11.1 Å². The maximum Gasteiger partial charge on any atom is 0.266 e. The van der Waals surface area contributed by atoms with Crippen molar-refractivity contribution in [1.29, 1.82) is 0 Å². The molecule has 2 aromatic carbocycles. The molecule has 25 heavy (non-hydrogen) atoms. The lowest BCUT2D eigenvalue weighted by Gasteiger charge is -2.26. The summed E-state index contributed by atoms with van der Waals surface area (Å²) in [6.07, 6.45) is 1.53. The Kier molecular flexibility index (Phi) is 6.03. The third-order valence-electron chi connectivity index (χ3n) is 3.94. The van der Waals surface area contributed by atoms with Crippen molar-refractivity contribution in [2.24, 2.45) is 0 Å². The third-order valence-corrected chi connectivity index (χ3v) is 6.74. The van der Waals surface area contributed by atoms with Crippen LogP contribution in [0.3, 0.4) is 0 Å². The average molecular weight is 400 g/mol. The summed E-state index contributed by atoms with van der Waals surface area (Å²) in [5.41, 5.74) is 2.42. The van der Waals surface area contributed by atoms with Crippen LogP contribution in [0.25, 0.3) is 0 Å². The van der Waals surface area contributed by atoms with Gasteiger partial charge in [0.25, 0.3) is 10.0 Å². The summed E-state index contributed by atoms with van der Waals surface area (Å²) in [6, 6.07) is 8.36. The first kappa shape index (κ1) is 19.6. The Balaban J connectivity index is 2.68. The molecular formula is C18H19Cl2NO3S. The maximum absolute atomic E-state index is 13.3. The second-order valence-electron chi connectivity index (χ2n) is 5.44. The van der Waals surface area contributed by atoms with E-state index in [9.17, 15) is 8.42 Å². The van der Waals surface area contributed by atoms with E-state index >= 15 is 0 Å². The first-order chi connectivity index (χ1) is 11.8. The Hall–Kier alpha value is -1.69. The zero-order valence-corrected chi connectivity index (χ0v) is 16.5. The number of methoxy groups -OCH3 is 1. The van der Waals surface area contributed by atoms with Crippen LogP contribution in [0.15, 0.2) is 47.9 Å². The molecular weight excluding hydrogens is 381 g/mol. The highest BCUT2D eigenvalue weighted by molar-refractivity contribution is 7.93. The summed E-state index contributed by atoms with van der Waals surface area (Å²) >= 11 is 12.3. The van der Waals surface area contributed by atoms with Gasteiger partial charge in [-0.1, -0.05) is 41.4 Å². The highest BCUT2D eigenvalue weighted by Gasteiger charge is 2.29. The molecule has 7 heteroatoms. The van der Waals surface area contributed by atoms with Gasteiger partial charge < -0.3 is 4.74 Å². The number of anilines is 1. The van der Waals surface area contributed by atoms with Gasteiger partial charge in [-0.2, -0.15) is 0 Å². The third kappa shape index (κ3) is 3.64. The van der Waals surface area contributed by atoms with Gasteiger partial charge in [-0.05, 0) is 43.2 Å². The number of rotatable bonds is 6. The monoisotopic (exact) mass is 399 g/mol. The standard InChI is InChI=1S/C18H19Cl2NO3S/c1-5-11-21(14-8-6-7-12(2)13(14)3)25(22,23)16-10-9-15(24-4)17(19)18(16)20/h5-10H,1,11H2,2-4H3. The van der Waals surface area contributed by atoms with Crippen molar-refractivity contribution in [2.45, 2.75) is 18.7 Å². The lowest BCUT2D eigenvalue weighted by molar-refractivity contribution is 0.414. The van der Waals surface area contributed by atoms with E-state index in [1.54, 1.807) is 6.07 Å². The van der Waals surface area contributed by atoms with E-state index in [1.165, 1.54) is 29.6 Å². The number of hydrogen-bond acceptors (Lipinski definition) is 3. The van der Waals surface area contributed by atoms with Gasteiger partial charge in [0.1, 0.15) is 15.7 Å². The normalized spacial score (nSPS) is 11.2. The molecule has 0 amide bonds. The van der Waals surface area contributed by atoms with Crippen molar-refractivity contribution in [3.63, 3.8) is 0 Å². The first-order valence-corrected chi connectivity index (χ1v) is 9.67. The zero-order chi connectivity index (χ0) is 18.8. The minimum Gasteiger partial charge on any atom is -0.495 e. The van der Waals surface area contributed by atoms with Gasteiger partial charge in [0.2, 0.25) is 0 Å². The highest BCUT2D eigenvalue weighted by Crippen LogP contribution is 2.39. The summed E-state index contributed by atoms with van der Waals surface area (Å²) in [5, 5.41) is -0.00913. The SMILES string of the molecule is C=CCN(c1cccc(C)c1C)S(=O)(=O)c1ccc(OC)c(Cl)c1Cl. The van der Waals surface area contributed by atoms with E-state index in [2.05, 4.69) is 6.58 Å². The number of ether oxygens (including phenoxy) is 1. The molecule has 0 aliphatic rings. The van der Waals surface area contributed by atoms with Crippen molar-refractivity contribution >= 4 is 38.9 Å². The van der Waals surface area contributed by atoms with Crippen LogP contribution in [-0.4, -0.2) is 22.1 Å². The van der Waals surface area contributed by atoms with Crippen LogP contribution >= 0.6 is 23.2 Å². The molecule has 0 fully saturated rings. The van der Waals surface area contributed by atoms with Crippen LogP contribution < -0.4 is 9.04 Å². The van der Waals surface area contributed by atoms with Gasteiger partial charge in [0.15, 0.2) is 0 Å². The quantitative estimate of drug-likeness (QED) is 0.641. The second kappa shape index (κ2) is 7.68. The van der Waals surface area contributed by atoms with Gasteiger partial charge in [0, 0.05) is 0 Å². The molecule has 0 aliphatic heterocycles. The number of sulfonamides is 1. The molecule has 0 saturated heterocycles. The molecule has 0 saturated carbocycles. The predicted octanol–water partition coefficient (Wildman–Crippen LogP) is 5.00. The summed E-state index contributed by atoms with van der Waals surface area (Å²) in [7, 11) is -2.51. The molecule has 134 valence electrons. The molecule has 0 aromatic heterocycles. The smallest absolute Gasteiger partial charge is 0.266 e. The number of hydrogen-bond donors (Lipinski definition) is 0. The van der Waals surface area contributed by atoms with E-state index < -0.39 is 10.0 Å². The van der Waals surface area contributed by atoms with Crippen LogP contribution in [0.4, 0.5) is 5.69 Å².